The van der Waals surface area contributed by atoms with E-state index in [1.54, 1.807) is 12.1 Å². The third kappa shape index (κ3) is 1.37. The Labute approximate surface area is 104 Å². The number of benzene rings is 1. The Morgan fingerprint density at radius 2 is 2.33 bits per heavy atom. The zero-order valence-corrected chi connectivity index (χ0v) is 9.99. The number of rotatable bonds is 1. The molecule has 1 amide bonds. The van der Waals surface area contributed by atoms with Gasteiger partial charge >= 0.3 is 5.97 Å². The van der Waals surface area contributed by atoms with Crippen LogP contribution in [0, 0.1) is 0 Å². The Hall–Kier alpha value is -1.88. The maximum atomic E-state index is 12.1. The predicted molar refractivity (Wildman–Crippen MR) is 63.5 cm³/mol. The van der Waals surface area contributed by atoms with Crippen LogP contribution in [-0.2, 0) is 19.7 Å². The van der Waals surface area contributed by atoms with Crippen molar-refractivity contribution in [2.45, 2.75) is 11.8 Å². The van der Waals surface area contributed by atoms with Crippen LogP contribution in [-0.4, -0.2) is 32.2 Å². The second-order valence-corrected chi connectivity index (χ2v) is 4.59. The molecule has 3 rings (SSSR count). The van der Waals surface area contributed by atoms with Crippen molar-refractivity contribution >= 4 is 17.6 Å². The molecule has 94 valence electrons. The molecule has 0 radical (unpaired) electrons. The van der Waals surface area contributed by atoms with Gasteiger partial charge in [-0.1, -0.05) is 6.07 Å². The normalized spacial score (nSPS) is 25.1. The quantitative estimate of drug-likeness (QED) is 0.754. The Balaban J connectivity index is 2.06. The van der Waals surface area contributed by atoms with E-state index < -0.39 is 11.4 Å². The molecule has 0 aromatic heterocycles. The van der Waals surface area contributed by atoms with E-state index in [4.69, 9.17) is 4.74 Å². The number of amides is 1. The highest BCUT2D eigenvalue weighted by atomic mass is 16.5. The zero-order valence-electron chi connectivity index (χ0n) is 9.99. The largest absolute Gasteiger partial charge is 0.465 e. The van der Waals surface area contributed by atoms with Crippen LogP contribution in [0.2, 0.25) is 0 Å². The van der Waals surface area contributed by atoms with Gasteiger partial charge in [0.15, 0.2) is 0 Å². The fraction of sp³-hybridized carbons (Fsp3) is 0.385. The van der Waals surface area contributed by atoms with E-state index in [1.807, 2.05) is 6.07 Å². The highest BCUT2D eigenvalue weighted by Gasteiger charge is 2.49. The molecule has 1 atom stereocenters. The lowest BCUT2D eigenvalue weighted by Crippen LogP contribution is -2.34. The summed E-state index contributed by atoms with van der Waals surface area (Å²) in [4.78, 5) is 23.5. The molecule has 5 heteroatoms. The minimum atomic E-state index is -0.565. The third-order valence-corrected chi connectivity index (χ3v) is 3.66. The average Bonchev–Trinajstić information content (AvgIpc) is 2.97. The van der Waals surface area contributed by atoms with Gasteiger partial charge in [-0.05, 0) is 24.1 Å². The minimum Gasteiger partial charge on any atom is -0.465 e. The van der Waals surface area contributed by atoms with Gasteiger partial charge in [-0.25, -0.2) is 4.79 Å². The van der Waals surface area contributed by atoms with Crippen LogP contribution in [0.1, 0.15) is 22.3 Å². The number of hydrogen-bond acceptors (Lipinski definition) is 4. The summed E-state index contributed by atoms with van der Waals surface area (Å²) in [5, 5.41) is 2.82. The lowest BCUT2D eigenvalue weighted by Gasteiger charge is -2.18. The minimum absolute atomic E-state index is 0.0444. The van der Waals surface area contributed by atoms with Crippen molar-refractivity contribution in [3.63, 3.8) is 0 Å². The standard InChI is InChI=1S/C13H13NO4/c1-17-11(15)8-2-3-9-10(6-8)14-12(16)13(9)4-5-18-7-13/h2-3,6H,4-5,7H2,1H3,(H,14,16). The Morgan fingerprint density at radius 3 is 3.00 bits per heavy atom. The van der Waals surface area contributed by atoms with Crippen LogP contribution in [0.4, 0.5) is 5.69 Å². The van der Waals surface area contributed by atoms with Gasteiger partial charge in [0.2, 0.25) is 5.91 Å². The van der Waals surface area contributed by atoms with Gasteiger partial charge in [0.05, 0.1) is 19.3 Å². The molecule has 1 aromatic carbocycles. The molecular formula is C13H13NO4. The molecule has 0 bridgehead atoms. The lowest BCUT2D eigenvalue weighted by molar-refractivity contribution is -0.120. The lowest BCUT2D eigenvalue weighted by atomic mass is 9.81. The molecule has 1 saturated heterocycles. The van der Waals surface area contributed by atoms with Crippen molar-refractivity contribution in [2.75, 3.05) is 25.6 Å². The SMILES string of the molecule is COC(=O)c1ccc2c(c1)NC(=O)C21CCOC1. The van der Waals surface area contributed by atoms with Crippen LogP contribution >= 0.6 is 0 Å². The van der Waals surface area contributed by atoms with E-state index in [9.17, 15) is 9.59 Å². The molecule has 1 N–H and O–H groups in total. The molecule has 0 aliphatic carbocycles. The molecule has 1 aromatic rings. The first kappa shape index (κ1) is 11.2. The van der Waals surface area contributed by atoms with Crippen LogP contribution in [0.15, 0.2) is 18.2 Å². The van der Waals surface area contributed by atoms with E-state index in [0.29, 0.717) is 30.9 Å². The van der Waals surface area contributed by atoms with Gasteiger partial charge in [0, 0.05) is 12.3 Å². The highest BCUT2D eigenvalue weighted by Crippen LogP contribution is 2.43. The molecule has 0 saturated carbocycles. The molecule has 18 heavy (non-hydrogen) atoms. The Kier molecular flexibility index (Phi) is 2.38. The van der Waals surface area contributed by atoms with Crippen molar-refractivity contribution in [2.24, 2.45) is 0 Å². The van der Waals surface area contributed by atoms with E-state index in [2.05, 4.69) is 10.1 Å². The number of hydrogen-bond donors (Lipinski definition) is 1. The first-order chi connectivity index (χ1) is 8.67. The first-order valence-electron chi connectivity index (χ1n) is 5.79. The number of anilines is 1. The zero-order chi connectivity index (χ0) is 12.8. The summed E-state index contributed by atoms with van der Waals surface area (Å²) in [6.07, 6.45) is 0.684. The average molecular weight is 247 g/mol. The summed E-state index contributed by atoms with van der Waals surface area (Å²) < 4.78 is 10.0. The predicted octanol–water partition coefficient (Wildman–Crippen LogP) is 1.08. The van der Waals surface area contributed by atoms with Crippen LogP contribution in [0.3, 0.4) is 0 Å². The van der Waals surface area contributed by atoms with Crippen molar-refractivity contribution in [1.29, 1.82) is 0 Å². The van der Waals surface area contributed by atoms with Crippen molar-refractivity contribution < 1.29 is 19.1 Å². The summed E-state index contributed by atoms with van der Waals surface area (Å²) in [5.74, 6) is -0.451. The molecule has 2 aliphatic rings. The number of carbonyl (C=O) groups excluding carboxylic acids is 2. The van der Waals surface area contributed by atoms with Gasteiger partial charge in [-0.15, -0.1) is 0 Å². The van der Waals surface area contributed by atoms with Gasteiger partial charge in [-0.2, -0.15) is 0 Å². The molecule has 5 nitrogen and oxygen atoms in total. The van der Waals surface area contributed by atoms with E-state index >= 15 is 0 Å². The van der Waals surface area contributed by atoms with E-state index in [0.717, 1.165) is 5.56 Å². The van der Waals surface area contributed by atoms with Gasteiger partial charge < -0.3 is 14.8 Å². The molecule has 1 fully saturated rings. The summed E-state index contributed by atoms with van der Waals surface area (Å²) in [6, 6.07) is 5.16. The third-order valence-electron chi connectivity index (χ3n) is 3.66. The fourth-order valence-electron chi connectivity index (χ4n) is 2.63. The number of esters is 1. The molecular weight excluding hydrogens is 234 g/mol. The topological polar surface area (TPSA) is 64.6 Å². The summed E-state index contributed by atoms with van der Waals surface area (Å²) in [7, 11) is 1.33. The number of nitrogens with one attached hydrogen (secondary N) is 1. The molecule has 1 spiro atoms. The molecule has 2 heterocycles. The number of fused-ring (bicyclic) bond motifs is 2. The second-order valence-electron chi connectivity index (χ2n) is 4.59. The fourth-order valence-corrected chi connectivity index (χ4v) is 2.63. The van der Waals surface area contributed by atoms with Crippen LogP contribution < -0.4 is 5.32 Å². The summed E-state index contributed by atoms with van der Waals surface area (Å²) in [5.41, 5.74) is 1.47. The number of carbonyl (C=O) groups is 2. The van der Waals surface area contributed by atoms with Crippen molar-refractivity contribution in [3.05, 3.63) is 29.3 Å². The second kappa shape index (κ2) is 3.81. The molecule has 1 unspecified atom stereocenters. The van der Waals surface area contributed by atoms with Crippen molar-refractivity contribution in [3.8, 4) is 0 Å². The van der Waals surface area contributed by atoms with Crippen LogP contribution in [0.5, 0.6) is 0 Å². The summed E-state index contributed by atoms with van der Waals surface area (Å²) >= 11 is 0. The highest BCUT2D eigenvalue weighted by molar-refractivity contribution is 6.07. The van der Waals surface area contributed by atoms with E-state index in [1.165, 1.54) is 7.11 Å². The summed E-state index contributed by atoms with van der Waals surface area (Å²) in [6.45, 7) is 0.995. The molecule has 2 aliphatic heterocycles. The smallest absolute Gasteiger partial charge is 0.337 e. The Morgan fingerprint density at radius 1 is 1.50 bits per heavy atom. The maximum Gasteiger partial charge on any atom is 0.337 e. The van der Waals surface area contributed by atoms with Gasteiger partial charge in [0.25, 0.3) is 0 Å². The van der Waals surface area contributed by atoms with E-state index in [-0.39, 0.29) is 5.91 Å². The maximum absolute atomic E-state index is 12.1. The monoisotopic (exact) mass is 247 g/mol. The van der Waals surface area contributed by atoms with Crippen molar-refractivity contribution in [1.82, 2.24) is 0 Å². The number of methoxy groups -OCH3 is 1. The van der Waals surface area contributed by atoms with Crippen LogP contribution in [0.25, 0.3) is 0 Å². The first-order valence-corrected chi connectivity index (χ1v) is 5.79. The number of ether oxygens (including phenoxy) is 2. The Bertz CT molecular complexity index is 532. The van der Waals surface area contributed by atoms with Gasteiger partial charge in [0.1, 0.15) is 5.41 Å². The van der Waals surface area contributed by atoms with Gasteiger partial charge in [-0.3, -0.25) is 4.79 Å².